The van der Waals surface area contributed by atoms with Gasteiger partial charge in [0.1, 0.15) is 12.2 Å². The van der Waals surface area contributed by atoms with E-state index in [1.807, 2.05) is 61.5 Å². The molecule has 1 amide bonds. The van der Waals surface area contributed by atoms with Crippen molar-refractivity contribution in [2.45, 2.75) is 13.5 Å². The summed E-state index contributed by atoms with van der Waals surface area (Å²) in [6.07, 6.45) is 1.52. The first-order valence-corrected chi connectivity index (χ1v) is 11.8. The molecule has 5 rings (SSSR count). The summed E-state index contributed by atoms with van der Waals surface area (Å²) in [5.74, 6) is 0.819. The summed E-state index contributed by atoms with van der Waals surface area (Å²) in [5, 5.41) is 16.3. The number of ether oxygens (including phenoxy) is 2. The number of hydrazone groups is 1. The molecule has 0 saturated carbocycles. The zero-order valence-corrected chi connectivity index (χ0v) is 20.1. The van der Waals surface area contributed by atoms with Gasteiger partial charge in [0.15, 0.2) is 17.3 Å². The zero-order chi connectivity index (χ0) is 25.6. The van der Waals surface area contributed by atoms with Gasteiger partial charge in [-0.05, 0) is 59.7 Å². The molecule has 0 fully saturated rings. The number of amides is 1. The highest BCUT2D eigenvalue weighted by Gasteiger charge is 2.14. The number of fused-ring (bicyclic) bond motifs is 3. The van der Waals surface area contributed by atoms with E-state index < -0.39 is 5.91 Å². The molecule has 0 spiro atoms. The van der Waals surface area contributed by atoms with E-state index in [-0.39, 0.29) is 12.4 Å². The number of nitrogens with one attached hydrogen (secondary N) is 1. The van der Waals surface area contributed by atoms with Crippen LogP contribution in [0.4, 0.5) is 0 Å². The van der Waals surface area contributed by atoms with Crippen LogP contribution in [0.1, 0.15) is 34.2 Å². The van der Waals surface area contributed by atoms with Gasteiger partial charge in [-0.2, -0.15) is 10.4 Å². The first-order valence-electron chi connectivity index (χ1n) is 11.8. The SMILES string of the molecule is CCOc1cc(C=NNC(=O)c2cc3c(ccc4ccccc43)o2)ccc1OCc1ccccc1C#N. The van der Waals surface area contributed by atoms with Crippen LogP contribution in [0.15, 0.2) is 94.4 Å². The number of nitriles is 1. The van der Waals surface area contributed by atoms with Crippen molar-refractivity contribution >= 4 is 33.9 Å². The topological polar surface area (TPSA) is 96.8 Å². The molecule has 7 heteroatoms. The van der Waals surface area contributed by atoms with Crippen LogP contribution in [0.5, 0.6) is 11.5 Å². The van der Waals surface area contributed by atoms with E-state index in [0.717, 1.165) is 21.7 Å². The Morgan fingerprint density at radius 3 is 2.68 bits per heavy atom. The molecule has 4 aromatic carbocycles. The molecule has 0 atom stereocenters. The highest BCUT2D eigenvalue weighted by Crippen LogP contribution is 2.30. The van der Waals surface area contributed by atoms with E-state index in [9.17, 15) is 10.1 Å². The lowest BCUT2D eigenvalue weighted by molar-refractivity contribution is 0.0929. The predicted octanol–water partition coefficient (Wildman–Crippen LogP) is 6.20. The maximum absolute atomic E-state index is 12.7. The fraction of sp³-hybridized carbons (Fsp3) is 0.100. The third-order valence-corrected chi connectivity index (χ3v) is 5.82. The maximum Gasteiger partial charge on any atom is 0.307 e. The number of carbonyl (C=O) groups is 1. The van der Waals surface area contributed by atoms with Gasteiger partial charge in [0.05, 0.1) is 24.5 Å². The van der Waals surface area contributed by atoms with Crippen molar-refractivity contribution in [3.8, 4) is 17.6 Å². The Morgan fingerprint density at radius 2 is 1.81 bits per heavy atom. The summed E-state index contributed by atoms with van der Waals surface area (Å²) < 4.78 is 17.4. The standard InChI is InChI=1S/C30H23N3O4/c1-2-35-28-15-20(11-13-27(28)36-19-23-9-4-3-8-22(23)17-31)18-32-33-30(34)29-16-25-24-10-6-5-7-21(24)12-14-26(25)37-29/h3-16,18H,2,19H2,1H3,(H,33,34). The Labute approximate surface area is 213 Å². The number of hydrogen-bond donors (Lipinski definition) is 1. The average Bonchev–Trinajstić information content (AvgIpc) is 3.38. The van der Waals surface area contributed by atoms with Crippen LogP contribution in [-0.4, -0.2) is 18.7 Å². The van der Waals surface area contributed by atoms with Gasteiger partial charge in [-0.1, -0.05) is 48.5 Å². The minimum absolute atomic E-state index is 0.180. The smallest absolute Gasteiger partial charge is 0.307 e. The summed E-state index contributed by atoms with van der Waals surface area (Å²) in [6.45, 7) is 2.57. The van der Waals surface area contributed by atoms with Crippen LogP contribution in [-0.2, 0) is 6.61 Å². The van der Waals surface area contributed by atoms with E-state index in [4.69, 9.17) is 13.9 Å². The van der Waals surface area contributed by atoms with Gasteiger partial charge in [-0.3, -0.25) is 4.79 Å². The minimum Gasteiger partial charge on any atom is -0.490 e. The molecule has 1 heterocycles. The second kappa shape index (κ2) is 10.7. The van der Waals surface area contributed by atoms with Crippen LogP contribution in [0.2, 0.25) is 0 Å². The van der Waals surface area contributed by atoms with Gasteiger partial charge >= 0.3 is 5.91 Å². The summed E-state index contributed by atoms with van der Waals surface area (Å²) in [7, 11) is 0. The normalized spacial score (nSPS) is 11.0. The molecule has 0 aliphatic rings. The molecule has 0 aliphatic heterocycles. The number of nitrogens with zero attached hydrogens (tertiary/aromatic N) is 2. The predicted molar refractivity (Wildman–Crippen MR) is 142 cm³/mol. The van der Waals surface area contributed by atoms with Gasteiger partial charge in [0, 0.05) is 10.9 Å². The number of hydrogen-bond acceptors (Lipinski definition) is 6. The highest BCUT2D eigenvalue weighted by atomic mass is 16.5. The van der Waals surface area contributed by atoms with Crippen molar-refractivity contribution in [2.24, 2.45) is 5.10 Å². The molecule has 0 bridgehead atoms. The Hall–Kier alpha value is -5.09. The van der Waals surface area contributed by atoms with Gasteiger partial charge in [0.2, 0.25) is 0 Å². The second-order valence-corrected chi connectivity index (χ2v) is 8.21. The van der Waals surface area contributed by atoms with Crippen LogP contribution < -0.4 is 14.9 Å². The van der Waals surface area contributed by atoms with Gasteiger partial charge in [-0.15, -0.1) is 0 Å². The molecule has 0 unspecified atom stereocenters. The van der Waals surface area contributed by atoms with E-state index in [0.29, 0.717) is 34.8 Å². The van der Waals surface area contributed by atoms with Crippen molar-refractivity contribution in [3.05, 3.63) is 107 Å². The third-order valence-electron chi connectivity index (χ3n) is 5.82. The van der Waals surface area contributed by atoms with Crippen LogP contribution in [0.3, 0.4) is 0 Å². The molecule has 5 aromatic rings. The van der Waals surface area contributed by atoms with Crippen LogP contribution >= 0.6 is 0 Å². The lowest BCUT2D eigenvalue weighted by Crippen LogP contribution is -2.16. The van der Waals surface area contributed by atoms with Gasteiger partial charge in [0.25, 0.3) is 0 Å². The van der Waals surface area contributed by atoms with Gasteiger partial charge in [-0.25, -0.2) is 5.43 Å². The fourth-order valence-corrected chi connectivity index (χ4v) is 4.03. The number of carbonyl (C=O) groups excluding carboxylic acids is 1. The van der Waals surface area contributed by atoms with Crippen LogP contribution in [0, 0.1) is 11.3 Å². The molecule has 37 heavy (non-hydrogen) atoms. The zero-order valence-electron chi connectivity index (χ0n) is 20.1. The van der Waals surface area contributed by atoms with E-state index in [1.165, 1.54) is 6.21 Å². The summed E-state index contributed by atoms with van der Waals surface area (Å²) in [5.41, 5.74) is 5.23. The van der Waals surface area contributed by atoms with E-state index in [1.54, 1.807) is 30.3 Å². The van der Waals surface area contributed by atoms with Gasteiger partial charge < -0.3 is 13.9 Å². The fourth-order valence-electron chi connectivity index (χ4n) is 4.03. The first kappa shape index (κ1) is 23.6. The third kappa shape index (κ3) is 5.14. The van der Waals surface area contributed by atoms with Crippen molar-refractivity contribution in [1.29, 1.82) is 5.26 Å². The molecule has 1 N–H and O–H groups in total. The Morgan fingerprint density at radius 1 is 0.973 bits per heavy atom. The monoisotopic (exact) mass is 489 g/mol. The molecule has 7 nitrogen and oxygen atoms in total. The minimum atomic E-state index is -0.447. The summed E-state index contributed by atoms with van der Waals surface area (Å²) in [4.78, 5) is 12.7. The molecule has 1 aromatic heterocycles. The Bertz CT molecular complexity index is 1660. The molecular weight excluding hydrogens is 466 g/mol. The molecule has 0 aliphatic carbocycles. The van der Waals surface area contributed by atoms with Crippen molar-refractivity contribution in [3.63, 3.8) is 0 Å². The van der Waals surface area contributed by atoms with Crippen molar-refractivity contribution in [1.82, 2.24) is 5.43 Å². The van der Waals surface area contributed by atoms with Crippen molar-refractivity contribution < 1.29 is 18.7 Å². The lowest BCUT2D eigenvalue weighted by atomic mass is 10.1. The number of benzene rings is 4. The molecule has 182 valence electrons. The summed E-state index contributed by atoms with van der Waals surface area (Å²) in [6, 6.07) is 28.3. The van der Waals surface area contributed by atoms with Crippen molar-refractivity contribution in [2.75, 3.05) is 6.61 Å². The largest absolute Gasteiger partial charge is 0.490 e. The lowest BCUT2D eigenvalue weighted by Gasteiger charge is -2.13. The number of rotatable bonds is 8. The highest BCUT2D eigenvalue weighted by molar-refractivity contribution is 6.08. The molecule has 0 radical (unpaired) electrons. The van der Waals surface area contributed by atoms with Crippen LogP contribution in [0.25, 0.3) is 21.7 Å². The van der Waals surface area contributed by atoms with E-state index in [2.05, 4.69) is 16.6 Å². The average molecular weight is 490 g/mol. The first-order chi connectivity index (χ1) is 18.2. The maximum atomic E-state index is 12.7. The Balaban J connectivity index is 1.28. The molecular formula is C30H23N3O4. The van der Waals surface area contributed by atoms with E-state index >= 15 is 0 Å². The molecule has 0 saturated heterocycles. The summed E-state index contributed by atoms with van der Waals surface area (Å²) >= 11 is 0. The Kier molecular flexibility index (Phi) is 6.82. The quantitative estimate of drug-likeness (QED) is 0.207. The second-order valence-electron chi connectivity index (χ2n) is 8.21. The number of furan rings is 1.